The smallest absolute Gasteiger partial charge is 0.121 e. The summed E-state index contributed by atoms with van der Waals surface area (Å²) in [6, 6.07) is 4.42. The maximum atomic E-state index is 10.2. The Balaban J connectivity index is 2.64. The summed E-state index contributed by atoms with van der Waals surface area (Å²) in [6.07, 6.45) is 10.8. The Morgan fingerprint density at radius 3 is 2.11 bits per heavy atom. The lowest BCUT2D eigenvalue weighted by molar-refractivity contribution is 0.460. The van der Waals surface area contributed by atoms with Gasteiger partial charge in [-0.25, -0.2) is 0 Å². The fraction of sp³-hybridized carbons (Fsp3) is 0.667. The first-order valence-corrected chi connectivity index (χ1v) is 8.06. The lowest BCUT2D eigenvalue weighted by Gasteiger charge is -2.12. The molecule has 0 amide bonds. The average molecular weight is 262 g/mol. The third-order valence-electron chi connectivity index (χ3n) is 3.80. The van der Waals surface area contributed by atoms with E-state index in [4.69, 9.17) is 0 Å². The summed E-state index contributed by atoms with van der Waals surface area (Å²) in [4.78, 5) is 0. The zero-order valence-electron chi connectivity index (χ0n) is 13.0. The van der Waals surface area contributed by atoms with Gasteiger partial charge in [-0.1, -0.05) is 65.0 Å². The van der Waals surface area contributed by atoms with Crippen LogP contribution in [0, 0.1) is 0 Å². The number of aromatic hydroxyl groups is 1. The van der Waals surface area contributed by atoms with Crippen molar-refractivity contribution in [3.05, 3.63) is 28.8 Å². The van der Waals surface area contributed by atoms with Gasteiger partial charge in [0.05, 0.1) is 0 Å². The van der Waals surface area contributed by atoms with E-state index in [1.54, 1.807) is 0 Å². The highest BCUT2D eigenvalue weighted by atomic mass is 16.3. The van der Waals surface area contributed by atoms with Gasteiger partial charge in [0.1, 0.15) is 5.75 Å². The van der Waals surface area contributed by atoms with Gasteiger partial charge < -0.3 is 5.11 Å². The van der Waals surface area contributed by atoms with Crippen molar-refractivity contribution in [2.75, 3.05) is 0 Å². The van der Waals surface area contributed by atoms with E-state index in [0.29, 0.717) is 5.75 Å². The molecule has 1 N–H and O–H groups in total. The van der Waals surface area contributed by atoms with E-state index in [9.17, 15) is 5.11 Å². The van der Waals surface area contributed by atoms with E-state index in [1.165, 1.54) is 37.7 Å². The molecule has 0 unspecified atom stereocenters. The molecule has 0 atom stereocenters. The van der Waals surface area contributed by atoms with Crippen molar-refractivity contribution in [1.29, 1.82) is 0 Å². The summed E-state index contributed by atoms with van der Waals surface area (Å²) in [7, 11) is 0. The number of phenolic OH excluding ortho intramolecular Hbond substituents is 1. The number of aryl methyl sites for hydroxylation is 3. The van der Waals surface area contributed by atoms with E-state index in [0.717, 1.165) is 36.8 Å². The minimum Gasteiger partial charge on any atom is -0.507 e. The van der Waals surface area contributed by atoms with Crippen molar-refractivity contribution < 1.29 is 5.11 Å². The molecule has 0 fully saturated rings. The molecule has 108 valence electrons. The molecule has 1 rings (SSSR count). The number of hydrogen-bond acceptors (Lipinski definition) is 1. The molecule has 0 bridgehead atoms. The van der Waals surface area contributed by atoms with Crippen LogP contribution in [0.5, 0.6) is 5.75 Å². The minimum atomic E-state index is 0.541. The molecular formula is C18H30O. The molecule has 0 radical (unpaired) electrons. The first-order chi connectivity index (χ1) is 9.22. The van der Waals surface area contributed by atoms with E-state index < -0.39 is 0 Å². The Bertz CT molecular complexity index is 368. The lowest BCUT2D eigenvalue weighted by Crippen LogP contribution is -1.95. The van der Waals surface area contributed by atoms with Gasteiger partial charge >= 0.3 is 0 Å². The van der Waals surface area contributed by atoms with Crippen LogP contribution in [0.1, 0.15) is 76.0 Å². The van der Waals surface area contributed by atoms with Gasteiger partial charge in [-0.15, -0.1) is 0 Å². The van der Waals surface area contributed by atoms with Crippen molar-refractivity contribution in [3.63, 3.8) is 0 Å². The molecule has 1 heteroatoms. The quantitative estimate of drug-likeness (QED) is 0.589. The van der Waals surface area contributed by atoms with Crippen molar-refractivity contribution >= 4 is 0 Å². The standard InChI is InChI=1S/C18H30O/c1-4-7-8-9-10-12-15-13-16(6-3)18(19)17(14-15)11-5-2/h13-14,19H,4-12H2,1-3H3. The molecule has 0 aliphatic heterocycles. The second kappa shape index (κ2) is 9.01. The highest BCUT2D eigenvalue weighted by Crippen LogP contribution is 2.27. The van der Waals surface area contributed by atoms with Crippen LogP contribution in [0.3, 0.4) is 0 Å². The van der Waals surface area contributed by atoms with Crippen LogP contribution in [-0.2, 0) is 19.3 Å². The minimum absolute atomic E-state index is 0.541. The van der Waals surface area contributed by atoms with Gasteiger partial charge in [0.2, 0.25) is 0 Å². The summed E-state index contributed by atoms with van der Waals surface area (Å²) >= 11 is 0. The maximum absolute atomic E-state index is 10.2. The third kappa shape index (κ3) is 5.26. The van der Waals surface area contributed by atoms with Crippen LogP contribution >= 0.6 is 0 Å². The first-order valence-electron chi connectivity index (χ1n) is 8.06. The maximum Gasteiger partial charge on any atom is 0.121 e. The van der Waals surface area contributed by atoms with Crippen molar-refractivity contribution in [1.82, 2.24) is 0 Å². The van der Waals surface area contributed by atoms with Crippen molar-refractivity contribution in [2.24, 2.45) is 0 Å². The Morgan fingerprint density at radius 2 is 1.47 bits per heavy atom. The molecule has 0 aromatic heterocycles. The van der Waals surface area contributed by atoms with Gasteiger partial charge in [-0.05, 0) is 42.4 Å². The fourth-order valence-electron chi connectivity index (χ4n) is 2.64. The van der Waals surface area contributed by atoms with E-state index >= 15 is 0 Å². The summed E-state index contributed by atoms with van der Waals surface area (Å²) in [6.45, 7) is 6.54. The largest absolute Gasteiger partial charge is 0.507 e. The van der Waals surface area contributed by atoms with Crippen LogP contribution in [0.4, 0.5) is 0 Å². The van der Waals surface area contributed by atoms with Gasteiger partial charge in [0.25, 0.3) is 0 Å². The van der Waals surface area contributed by atoms with E-state index in [2.05, 4.69) is 32.9 Å². The predicted octanol–water partition coefficient (Wildman–Crippen LogP) is 5.42. The van der Waals surface area contributed by atoms with E-state index in [-0.39, 0.29) is 0 Å². The zero-order valence-corrected chi connectivity index (χ0v) is 13.0. The van der Waals surface area contributed by atoms with Crippen LogP contribution in [0.25, 0.3) is 0 Å². The molecule has 1 nitrogen and oxygen atoms in total. The van der Waals surface area contributed by atoms with Crippen molar-refractivity contribution in [3.8, 4) is 5.75 Å². The molecule has 0 heterocycles. The second-order valence-electron chi connectivity index (χ2n) is 5.53. The Labute approximate surface area is 119 Å². The van der Waals surface area contributed by atoms with Gasteiger partial charge in [0, 0.05) is 0 Å². The normalized spacial score (nSPS) is 10.9. The topological polar surface area (TPSA) is 20.2 Å². The fourth-order valence-corrected chi connectivity index (χ4v) is 2.64. The predicted molar refractivity (Wildman–Crippen MR) is 83.9 cm³/mol. The molecule has 19 heavy (non-hydrogen) atoms. The molecule has 0 aliphatic carbocycles. The average Bonchev–Trinajstić information content (AvgIpc) is 2.42. The number of hydrogen-bond donors (Lipinski definition) is 1. The SMILES string of the molecule is CCCCCCCc1cc(CC)c(O)c(CCC)c1. The van der Waals surface area contributed by atoms with Gasteiger partial charge in [-0.3, -0.25) is 0 Å². The molecule has 1 aromatic rings. The molecular weight excluding hydrogens is 232 g/mol. The second-order valence-corrected chi connectivity index (χ2v) is 5.53. The van der Waals surface area contributed by atoms with Gasteiger partial charge in [0.15, 0.2) is 0 Å². The molecule has 0 spiro atoms. The Hall–Kier alpha value is -0.980. The summed E-state index contributed by atoms with van der Waals surface area (Å²) in [5.41, 5.74) is 3.68. The highest BCUT2D eigenvalue weighted by Gasteiger charge is 2.08. The van der Waals surface area contributed by atoms with Gasteiger partial charge in [-0.2, -0.15) is 0 Å². The summed E-state index contributed by atoms with van der Waals surface area (Å²) < 4.78 is 0. The Morgan fingerprint density at radius 1 is 0.789 bits per heavy atom. The number of phenols is 1. The van der Waals surface area contributed by atoms with Crippen molar-refractivity contribution in [2.45, 2.75) is 78.6 Å². The summed E-state index contributed by atoms with van der Waals surface area (Å²) in [5, 5.41) is 10.2. The van der Waals surface area contributed by atoms with Crippen LogP contribution in [0.15, 0.2) is 12.1 Å². The number of unbranched alkanes of at least 4 members (excludes halogenated alkanes) is 4. The molecule has 1 aromatic carbocycles. The number of benzene rings is 1. The molecule has 0 aliphatic rings. The zero-order chi connectivity index (χ0) is 14.1. The van der Waals surface area contributed by atoms with Crippen LogP contribution in [-0.4, -0.2) is 5.11 Å². The molecule has 0 saturated carbocycles. The third-order valence-corrected chi connectivity index (χ3v) is 3.80. The monoisotopic (exact) mass is 262 g/mol. The van der Waals surface area contributed by atoms with Crippen LogP contribution < -0.4 is 0 Å². The van der Waals surface area contributed by atoms with Crippen LogP contribution in [0.2, 0.25) is 0 Å². The Kier molecular flexibility index (Phi) is 7.62. The first kappa shape index (κ1) is 16.1. The van der Waals surface area contributed by atoms with E-state index in [1.807, 2.05) is 0 Å². The molecule has 0 saturated heterocycles. The lowest BCUT2D eigenvalue weighted by atomic mass is 9.96. The summed E-state index contributed by atoms with van der Waals surface area (Å²) in [5.74, 6) is 0.541. The highest BCUT2D eigenvalue weighted by molar-refractivity contribution is 5.44. The number of rotatable bonds is 9.